The molecular weight excluding hydrogens is 428 g/mol. The predicted molar refractivity (Wildman–Crippen MR) is 125 cm³/mol. The molecule has 0 bridgehead atoms. The van der Waals surface area contributed by atoms with Crippen molar-refractivity contribution in [3.8, 4) is 0 Å². The number of benzene rings is 2. The Kier molecular flexibility index (Phi) is 6.10. The van der Waals surface area contributed by atoms with E-state index in [-0.39, 0.29) is 22.5 Å². The van der Waals surface area contributed by atoms with Crippen LogP contribution in [0.25, 0.3) is 0 Å². The molecule has 2 aromatic carbocycles. The van der Waals surface area contributed by atoms with Gasteiger partial charge < -0.3 is 15.1 Å². The van der Waals surface area contributed by atoms with Crippen LogP contribution in [0, 0.1) is 24.0 Å². The number of aryl methyl sites for hydroxylation is 2. The van der Waals surface area contributed by atoms with Crippen LogP contribution in [0.2, 0.25) is 0 Å². The van der Waals surface area contributed by atoms with E-state index in [1.165, 1.54) is 12.1 Å². The van der Waals surface area contributed by atoms with Gasteiger partial charge in [0, 0.05) is 48.8 Å². The summed E-state index contributed by atoms with van der Waals surface area (Å²) in [4.78, 5) is 40.0. The van der Waals surface area contributed by atoms with E-state index in [1.807, 2.05) is 36.9 Å². The van der Waals surface area contributed by atoms with Crippen LogP contribution < -0.4 is 5.32 Å². The SMILES string of the molecule is Cc1cccc(C)c1NC(=O)N1CCC2(CC1)SCCN2C(=O)c1cccc([N+](=O)[O-])c1. The van der Waals surface area contributed by atoms with Gasteiger partial charge in [-0.1, -0.05) is 24.3 Å². The number of nitro benzene ring substituents is 1. The first-order valence-corrected chi connectivity index (χ1v) is 11.6. The van der Waals surface area contributed by atoms with Gasteiger partial charge in [-0.05, 0) is 43.9 Å². The standard InChI is InChI=1S/C23H26N4O4S/c1-16-5-3-6-17(2)20(16)24-22(29)25-11-9-23(10-12-25)26(13-14-32-23)21(28)18-7-4-8-19(15-18)27(30)31/h3-8,15H,9-14H2,1-2H3,(H,24,29). The van der Waals surface area contributed by atoms with Gasteiger partial charge in [-0.25, -0.2) is 4.79 Å². The number of nitrogens with one attached hydrogen (secondary N) is 1. The molecule has 0 saturated carbocycles. The summed E-state index contributed by atoms with van der Waals surface area (Å²) in [6.45, 7) is 5.63. The van der Waals surface area contributed by atoms with Crippen molar-refractivity contribution >= 4 is 35.1 Å². The van der Waals surface area contributed by atoms with Crippen LogP contribution in [0.4, 0.5) is 16.2 Å². The molecule has 2 aliphatic heterocycles. The lowest BCUT2D eigenvalue weighted by Crippen LogP contribution is -2.54. The van der Waals surface area contributed by atoms with Gasteiger partial charge >= 0.3 is 6.03 Å². The summed E-state index contributed by atoms with van der Waals surface area (Å²) in [7, 11) is 0. The summed E-state index contributed by atoms with van der Waals surface area (Å²) >= 11 is 1.74. The lowest BCUT2D eigenvalue weighted by atomic mass is 10.0. The molecule has 4 rings (SSSR count). The zero-order valence-corrected chi connectivity index (χ0v) is 19.0. The fraction of sp³-hybridized carbons (Fsp3) is 0.391. The summed E-state index contributed by atoms with van der Waals surface area (Å²) < 4.78 is 0. The summed E-state index contributed by atoms with van der Waals surface area (Å²) in [6, 6.07) is 11.7. The van der Waals surface area contributed by atoms with Gasteiger partial charge in [0.25, 0.3) is 11.6 Å². The number of urea groups is 1. The van der Waals surface area contributed by atoms with E-state index in [4.69, 9.17) is 0 Å². The Morgan fingerprint density at radius 2 is 1.72 bits per heavy atom. The number of para-hydroxylation sites is 1. The highest BCUT2D eigenvalue weighted by Gasteiger charge is 2.47. The van der Waals surface area contributed by atoms with Crippen molar-refractivity contribution in [3.63, 3.8) is 0 Å². The van der Waals surface area contributed by atoms with Gasteiger partial charge in [-0.3, -0.25) is 14.9 Å². The van der Waals surface area contributed by atoms with E-state index >= 15 is 0 Å². The molecule has 9 heteroatoms. The number of carbonyl (C=O) groups is 2. The molecule has 0 atom stereocenters. The number of hydrogen-bond donors (Lipinski definition) is 1. The Hall–Kier alpha value is -3.07. The number of carbonyl (C=O) groups excluding carboxylic acids is 2. The van der Waals surface area contributed by atoms with Gasteiger partial charge in [0.2, 0.25) is 0 Å². The minimum Gasteiger partial charge on any atom is -0.324 e. The molecule has 1 spiro atoms. The molecule has 2 aromatic rings. The van der Waals surface area contributed by atoms with Crippen LogP contribution in [0.5, 0.6) is 0 Å². The van der Waals surface area contributed by atoms with Crippen molar-refractivity contribution in [1.82, 2.24) is 9.80 Å². The van der Waals surface area contributed by atoms with E-state index in [0.717, 1.165) is 22.6 Å². The monoisotopic (exact) mass is 454 g/mol. The van der Waals surface area contributed by atoms with Crippen molar-refractivity contribution in [2.45, 2.75) is 31.6 Å². The van der Waals surface area contributed by atoms with Crippen LogP contribution in [-0.4, -0.2) is 56.9 Å². The number of nitrogens with zero attached hydrogens (tertiary/aromatic N) is 3. The Morgan fingerprint density at radius 1 is 1.06 bits per heavy atom. The maximum atomic E-state index is 13.2. The molecule has 2 aliphatic rings. The maximum absolute atomic E-state index is 13.2. The molecule has 2 heterocycles. The normalized spacial score (nSPS) is 17.4. The van der Waals surface area contributed by atoms with Gasteiger partial charge in [-0.2, -0.15) is 0 Å². The third-order valence-corrected chi connectivity index (χ3v) is 7.82. The molecule has 0 aromatic heterocycles. The number of non-ortho nitro benzene ring substituents is 1. The van der Waals surface area contributed by atoms with Crippen molar-refractivity contribution in [3.05, 3.63) is 69.3 Å². The van der Waals surface area contributed by atoms with Gasteiger partial charge in [-0.15, -0.1) is 11.8 Å². The van der Waals surface area contributed by atoms with E-state index in [9.17, 15) is 19.7 Å². The van der Waals surface area contributed by atoms with Crippen LogP contribution in [0.15, 0.2) is 42.5 Å². The lowest BCUT2D eigenvalue weighted by Gasteiger charge is -2.44. The lowest BCUT2D eigenvalue weighted by molar-refractivity contribution is -0.384. The zero-order valence-electron chi connectivity index (χ0n) is 18.2. The Labute approximate surface area is 191 Å². The van der Waals surface area contributed by atoms with Crippen molar-refractivity contribution in [2.75, 3.05) is 30.7 Å². The number of anilines is 1. The fourth-order valence-corrected chi connectivity index (χ4v) is 5.93. The first-order chi connectivity index (χ1) is 15.3. The first-order valence-electron chi connectivity index (χ1n) is 10.6. The number of amides is 3. The number of likely N-dealkylation sites (tertiary alicyclic amines) is 1. The molecular formula is C23H26N4O4S. The van der Waals surface area contributed by atoms with E-state index in [2.05, 4.69) is 5.32 Å². The van der Waals surface area contributed by atoms with Crippen molar-refractivity contribution < 1.29 is 14.5 Å². The molecule has 32 heavy (non-hydrogen) atoms. The number of thioether (sulfide) groups is 1. The van der Waals surface area contributed by atoms with Crippen molar-refractivity contribution in [2.24, 2.45) is 0 Å². The van der Waals surface area contributed by atoms with Gasteiger partial charge in [0.15, 0.2) is 0 Å². The van der Waals surface area contributed by atoms with Crippen LogP contribution in [-0.2, 0) is 0 Å². The molecule has 3 amide bonds. The number of piperidine rings is 1. The van der Waals surface area contributed by atoms with Crippen LogP contribution >= 0.6 is 11.8 Å². The Morgan fingerprint density at radius 3 is 2.38 bits per heavy atom. The van der Waals surface area contributed by atoms with E-state index in [1.54, 1.807) is 28.8 Å². The minimum atomic E-state index is -0.488. The van der Waals surface area contributed by atoms with Gasteiger partial charge in [0.1, 0.15) is 0 Å². The smallest absolute Gasteiger partial charge is 0.321 e. The summed E-state index contributed by atoms with van der Waals surface area (Å²) in [5.41, 5.74) is 3.13. The second-order valence-electron chi connectivity index (χ2n) is 8.24. The molecule has 2 fully saturated rings. The number of hydrogen-bond acceptors (Lipinski definition) is 5. The quantitative estimate of drug-likeness (QED) is 0.547. The molecule has 0 unspecified atom stereocenters. The molecule has 8 nitrogen and oxygen atoms in total. The fourth-order valence-electron chi connectivity index (χ4n) is 4.47. The highest BCUT2D eigenvalue weighted by molar-refractivity contribution is 8.00. The molecule has 2 saturated heterocycles. The molecule has 168 valence electrons. The topological polar surface area (TPSA) is 95.8 Å². The van der Waals surface area contributed by atoms with Crippen molar-refractivity contribution in [1.29, 1.82) is 0 Å². The zero-order chi connectivity index (χ0) is 22.9. The second-order valence-corrected chi connectivity index (χ2v) is 9.70. The molecule has 0 aliphatic carbocycles. The third kappa shape index (κ3) is 4.17. The van der Waals surface area contributed by atoms with Gasteiger partial charge in [0.05, 0.1) is 9.79 Å². The summed E-state index contributed by atoms with van der Waals surface area (Å²) in [5, 5.41) is 14.1. The summed E-state index contributed by atoms with van der Waals surface area (Å²) in [6.07, 6.45) is 1.33. The van der Waals surface area contributed by atoms with E-state index < -0.39 is 4.92 Å². The predicted octanol–water partition coefficient (Wildman–Crippen LogP) is 4.42. The second kappa shape index (κ2) is 8.82. The average molecular weight is 455 g/mol. The number of nitro groups is 1. The third-order valence-electron chi connectivity index (χ3n) is 6.27. The minimum absolute atomic E-state index is 0.0882. The van der Waals surface area contributed by atoms with Crippen LogP contribution in [0.1, 0.15) is 34.3 Å². The van der Waals surface area contributed by atoms with Crippen LogP contribution in [0.3, 0.4) is 0 Å². The largest absolute Gasteiger partial charge is 0.324 e. The maximum Gasteiger partial charge on any atom is 0.321 e. The highest BCUT2D eigenvalue weighted by Crippen LogP contribution is 2.44. The molecule has 0 radical (unpaired) electrons. The number of rotatable bonds is 3. The Bertz CT molecular complexity index is 1050. The summed E-state index contributed by atoms with van der Waals surface area (Å²) in [5.74, 6) is 0.627. The van der Waals surface area contributed by atoms with E-state index in [0.29, 0.717) is 38.0 Å². The first kappa shape index (κ1) is 22.1. The highest BCUT2D eigenvalue weighted by atomic mass is 32.2. The Balaban J connectivity index is 1.45. The molecule has 1 N–H and O–H groups in total. The average Bonchev–Trinajstić information content (AvgIpc) is 3.19.